The van der Waals surface area contributed by atoms with Crippen LogP contribution in [0.4, 0.5) is 0 Å². The number of Topliss-reactive ketones (excluding diaryl/α,β-unsaturated/α-hetero) is 1. The van der Waals surface area contributed by atoms with Gasteiger partial charge in [-0.1, -0.05) is 5.16 Å². The Kier molecular flexibility index (Phi) is 6.74. The molecule has 0 bridgehead atoms. The molecule has 0 N–H and O–H groups in total. The molecule has 5 nitrogen and oxygen atoms in total. The highest BCUT2D eigenvalue weighted by Gasteiger charge is 2.21. The van der Waals surface area contributed by atoms with Gasteiger partial charge in [-0.15, -0.1) is 11.6 Å². The van der Waals surface area contributed by atoms with Gasteiger partial charge in [-0.05, 0) is 13.8 Å². The third kappa shape index (κ3) is 4.23. The van der Waals surface area contributed by atoms with Gasteiger partial charge in [0.05, 0.1) is 12.5 Å². The Morgan fingerprint density at radius 2 is 1.93 bits per heavy atom. The van der Waals surface area contributed by atoms with Crippen molar-refractivity contribution in [3.8, 4) is 0 Å². The van der Waals surface area contributed by atoms with E-state index >= 15 is 0 Å². The molecular formula is C8H12ClNO4. The van der Waals surface area contributed by atoms with Gasteiger partial charge >= 0.3 is 5.97 Å². The van der Waals surface area contributed by atoms with Gasteiger partial charge < -0.3 is 9.57 Å². The average Bonchev–Trinajstić information content (AvgIpc) is 2.18. The summed E-state index contributed by atoms with van der Waals surface area (Å²) in [7, 11) is 0. The van der Waals surface area contributed by atoms with E-state index in [1.807, 2.05) is 0 Å². The van der Waals surface area contributed by atoms with E-state index < -0.39 is 17.5 Å². The summed E-state index contributed by atoms with van der Waals surface area (Å²) in [5.41, 5.74) is -0.399. The van der Waals surface area contributed by atoms with E-state index in [9.17, 15) is 9.59 Å². The van der Waals surface area contributed by atoms with Crippen molar-refractivity contribution >= 4 is 29.1 Å². The Morgan fingerprint density at radius 1 is 1.29 bits per heavy atom. The number of ether oxygens (including phenoxy) is 1. The van der Waals surface area contributed by atoms with E-state index in [1.54, 1.807) is 13.8 Å². The number of carbonyl (C=O) groups excluding carboxylic acids is 2. The van der Waals surface area contributed by atoms with Crippen LogP contribution in [0.1, 0.15) is 13.8 Å². The number of rotatable bonds is 6. The standard InChI is InChI=1S/C8H12ClNO4/c1-3-13-8(12)7(6(11)5-9)10-14-4-2/h3-5H2,1-2H3. The molecule has 0 aliphatic rings. The van der Waals surface area contributed by atoms with Gasteiger partial charge in [0.25, 0.3) is 0 Å². The summed E-state index contributed by atoms with van der Waals surface area (Å²) >= 11 is 5.28. The molecule has 0 aromatic rings. The van der Waals surface area contributed by atoms with E-state index in [0.717, 1.165) is 0 Å². The van der Waals surface area contributed by atoms with Crippen molar-refractivity contribution in [2.24, 2.45) is 5.16 Å². The van der Waals surface area contributed by atoms with E-state index in [-0.39, 0.29) is 19.1 Å². The summed E-state index contributed by atoms with van der Waals surface area (Å²) in [6.07, 6.45) is 0. The minimum Gasteiger partial charge on any atom is -0.461 e. The highest BCUT2D eigenvalue weighted by Crippen LogP contribution is 1.92. The molecule has 14 heavy (non-hydrogen) atoms. The van der Waals surface area contributed by atoms with Crippen LogP contribution in [0.2, 0.25) is 0 Å². The third-order valence-electron chi connectivity index (χ3n) is 1.14. The highest BCUT2D eigenvalue weighted by atomic mass is 35.5. The number of halogens is 1. The first kappa shape index (κ1) is 12.9. The summed E-state index contributed by atoms with van der Waals surface area (Å²) < 4.78 is 4.59. The minimum atomic E-state index is -0.813. The van der Waals surface area contributed by atoms with Crippen LogP contribution in [0.25, 0.3) is 0 Å². The van der Waals surface area contributed by atoms with Crippen LogP contribution >= 0.6 is 11.6 Å². The molecular weight excluding hydrogens is 210 g/mol. The number of nitrogens with zero attached hydrogens (tertiary/aromatic N) is 1. The van der Waals surface area contributed by atoms with Crippen molar-refractivity contribution < 1.29 is 19.2 Å². The number of hydrogen-bond acceptors (Lipinski definition) is 5. The molecule has 0 aromatic heterocycles. The van der Waals surface area contributed by atoms with Gasteiger partial charge in [-0.25, -0.2) is 4.79 Å². The van der Waals surface area contributed by atoms with Gasteiger partial charge in [0.2, 0.25) is 11.5 Å². The molecule has 0 atom stereocenters. The van der Waals surface area contributed by atoms with Gasteiger partial charge in [0, 0.05) is 0 Å². The summed E-state index contributed by atoms with van der Waals surface area (Å²) in [4.78, 5) is 26.8. The number of hydrogen-bond donors (Lipinski definition) is 0. The van der Waals surface area contributed by atoms with Crippen molar-refractivity contribution in [3.63, 3.8) is 0 Å². The lowest BCUT2D eigenvalue weighted by atomic mass is 10.3. The molecule has 0 fully saturated rings. The summed E-state index contributed by atoms with van der Waals surface area (Å²) in [6, 6.07) is 0. The molecule has 0 saturated heterocycles. The van der Waals surface area contributed by atoms with Crippen molar-refractivity contribution in [3.05, 3.63) is 0 Å². The molecule has 0 radical (unpaired) electrons. The van der Waals surface area contributed by atoms with Crippen LogP contribution in [0.15, 0.2) is 5.16 Å². The maximum atomic E-state index is 11.1. The van der Waals surface area contributed by atoms with Crippen molar-refractivity contribution in [1.82, 2.24) is 0 Å². The fraction of sp³-hybridized carbons (Fsp3) is 0.625. The van der Waals surface area contributed by atoms with Crippen LogP contribution in [0, 0.1) is 0 Å². The van der Waals surface area contributed by atoms with E-state index in [4.69, 9.17) is 11.6 Å². The van der Waals surface area contributed by atoms with Crippen molar-refractivity contribution in [2.45, 2.75) is 13.8 Å². The van der Waals surface area contributed by atoms with Gasteiger partial charge in [-0.2, -0.15) is 0 Å². The molecule has 0 aliphatic heterocycles. The van der Waals surface area contributed by atoms with Gasteiger partial charge in [-0.3, -0.25) is 4.79 Å². The fourth-order valence-electron chi connectivity index (χ4n) is 0.594. The molecule has 0 saturated carbocycles. The zero-order valence-electron chi connectivity index (χ0n) is 8.08. The molecule has 0 rings (SSSR count). The SMILES string of the molecule is CCON=C(C(=O)CCl)C(=O)OCC. The van der Waals surface area contributed by atoms with Gasteiger partial charge in [0.15, 0.2) is 0 Å². The van der Waals surface area contributed by atoms with Crippen LogP contribution in [-0.4, -0.2) is 36.6 Å². The number of alkyl halides is 1. The number of esters is 1. The topological polar surface area (TPSA) is 65.0 Å². The highest BCUT2D eigenvalue weighted by molar-refractivity contribution is 6.67. The lowest BCUT2D eigenvalue weighted by Crippen LogP contribution is -2.27. The molecule has 0 aliphatic carbocycles. The fourth-order valence-corrected chi connectivity index (χ4v) is 0.720. The first-order valence-corrected chi connectivity index (χ1v) is 4.67. The Hall–Kier alpha value is -1.10. The Bertz CT molecular complexity index is 239. The Labute approximate surface area is 87.0 Å². The molecule has 0 heterocycles. The molecule has 0 amide bonds. The van der Waals surface area contributed by atoms with Crippen molar-refractivity contribution in [1.29, 1.82) is 0 Å². The molecule has 0 spiro atoms. The zero-order valence-corrected chi connectivity index (χ0v) is 8.84. The smallest absolute Gasteiger partial charge is 0.364 e. The van der Waals surface area contributed by atoms with Crippen LogP contribution in [-0.2, 0) is 19.2 Å². The number of ketones is 1. The lowest BCUT2D eigenvalue weighted by molar-refractivity contribution is -0.135. The summed E-state index contributed by atoms with van der Waals surface area (Å²) in [6.45, 7) is 3.73. The second-order valence-electron chi connectivity index (χ2n) is 2.13. The van der Waals surface area contributed by atoms with E-state index in [1.165, 1.54) is 0 Å². The van der Waals surface area contributed by atoms with E-state index in [0.29, 0.717) is 0 Å². The Morgan fingerprint density at radius 3 is 2.36 bits per heavy atom. The second-order valence-corrected chi connectivity index (χ2v) is 2.40. The molecule has 0 unspecified atom stereocenters. The predicted molar refractivity (Wildman–Crippen MR) is 51.4 cm³/mol. The largest absolute Gasteiger partial charge is 0.461 e. The number of oxime groups is 1. The number of carbonyl (C=O) groups is 2. The third-order valence-corrected chi connectivity index (χ3v) is 1.38. The predicted octanol–water partition coefficient (Wildman–Crippen LogP) is 0.750. The zero-order chi connectivity index (χ0) is 11.0. The van der Waals surface area contributed by atoms with Crippen LogP contribution in [0.3, 0.4) is 0 Å². The molecule has 6 heteroatoms. The summed E-state index contributed by atoms with van der Waals surface area (Å²) in [5, 5.41) is 3.34. The maximum Gasteiger partial charge on any atom is 0.364 e. The van der Waals surface area contributed by atoms with Crippen LogP contribution in [0.5, 0.6) is 0 Å². The first-order chi connectivity index (χ1) is 6.67. The average molecular weight is 222 g/mol. The summed E-state index contributed by atoms with van der Waals surface area (Å²) in [5.74, 6) is -1.75. The monoisotopic (exact) mass is 221 g/mol. The van der Waals surface area contributed by atoms with Crippen molar-refractivity contribution in [2.75, 3.05) is 19.1 Å². The van der Waals surface area contributed by atoms with E-state index in [2.05, 4.69) is 14.7 Å². The lowest BCUT2D eigenvalue weighted by Gasteiger charge is -2.02. The normalized spacial score (nSPS) is 10.9. The molecule has 80 valence electrons. The first-order valence-electron chi connectivity index (χ1n) is 4.13. The molecule has 0 aromatic carbocycles. The second kappa shape index (κ2) is 7.32. The quantitative estimate of drug-likeness (QED) is 0.218. The van der Waals surface area contributed by atoms with Crippen LogP contribution < -0.4 is 0 Å². The van der Waals surface area contributed by atoms with Gasteiger partial charge in [0.1, 0.15) is 6.61 Å². The Balaban J connectivity index is 4.54. The minimum absolute atomic E-state index is 0.166. The maximum absolute atomic E-state index is 11.1.